The molecule has 0 aromatic carbocycles. The van der Waals surface area contributed by atoms with Crippen molar-refractivity contribution in [3.8, 4) is 11.5 Å². The molecule has 5 heteroatoms. The Bertz CT molecular complexity index is 615. The number of hydrogen-bond donors (Lipinski definition) is 1. The largest absolute Gasteiger partial charge is 0.319 e. The van der Waals surface area contributed by atoms with E-state index in [4.69, 9.17) is 11.6 Å². The molecule has 0 radical (unpaired) electrons. The van der Waals surface area contributed by atoms with Crippen molar-refractivity contribution < 1.29 is 0 Å². The van der Waals surface area contributed by atoms with E-state index in [9.17, 15) is 0 Å². The first-order valence-electron chi connectivity index (χ1n) is 6.88. The van der Waals surface area contributed by atoms with Crippen molar-refractivity contribution in [2.75, 3.05) is 13.6 Å². The Morgan fingerprint density at radius 2 is 2.30 bits per heavy atom. The van der Waals surface area contributed by atoms with Gasteiger partial charge in [-0.15, -0.1) is 0 Å². The summed E-state index contributed by atoms with van der Waals surface area (Å²) in [6, 6.07) is 3.63. The molecule has 0 spiro atoms. The van der Waals surface area contributed by atoms with Crippen molar-refractivity contribution in [1.82, 2.24) is 20.3 Å². The van der Waals surface area contributed by atoms with E-state index in [-0.39, 0.29) is 0 Å². The molecular weight excluding hydrogens is 272 g/mol. The molecule has 0 amide bonds. The van der Waals surface area contributed by atoms with Crippen molar-refractivity contribution in [3.05, 3.63) is 40.8 Å². The zero-order chi connectivity index (χ0) is 13.9. The number of pyridine rings is 1. The van der Waals surface area contributed by atoms with Gasteiger partial charge in [0, 0.05) is 18.1 Å². The number of nitrogens with one attached hydrogen (secondary N) is 1. The van der Waals surface area contributed by atoms with Gasteiger partial charge in [0.1, 0.15) is 5.69 Å². The maximum atomic E-state index is 6.16. The highest BCUT2D eigenvalue weighted by Crippen LogP contribution is 2.27. The van der Waals surface area contributed by atoms with Gasteiger partial charge in [0.15, 0.2) is 5.82 Å². The van der Waals surface area contributed by atoms with E-state index < -0.39 is 0 Å². The van der Waals surface area contributed by atoms with Crippen LogP contribution in [0, 0.1) is 5.92 Å². The second-order valence-corrected chi connectivity index (χ2v) is 5.57. The Morgan fingerprint density at radius 1 is 1.40 bits per heavy atom. The minimum Gasteiger partial charge on any atom is -0.319 e. The molecule has 1 aliphatic rings. The summed E-state index contributed by atoms with van der Waals surface area (Å²) < 4.78 is 0. The second kappa shape index (κ2) is 5.85. The molecule has 3 rings (SSSR count). The van der Waals surface area contributed by atoms with Gasteiger partial charge in [0.2, 0.25) is 0 Å². The zero-order valence-corrected chi connectivity index (χ0v) is 12.2. The Labute approximate surface area is 123 Å². The minimum atomic E-state index is 0.594. The van der Waals surface area contributed by atoms with Crippen molar-refractivity contribution in [2.24, 2.45) is 5.92 Å². The number of fused-ring (bicyclic) bond motifs is 1. The molecule has 2 aromatic rings. The van der Waals surface area contributed by atoms with E-state index in [2.05, 4.69) is 20.3 Å². The predicted molar refractivity (Wildman–Crippen MR) is 79.7 cm³/mol. The molecule has 2 aromatic heterocycles. The third kappa shape index (κ3) is 2.67. The molecule has 0 saturated carbocycles. The normalized spacial score (nSPS) is 17.8. The van der Waals surface area contributed by atoms with Crippen LogP contribution in [0.3, 0.4) is 0 Å². The van der Waals surface area contributed by atoms with Crippen LogP contribution >= 0.6 is 11.6 Å². The van der Waals surface area contributed by atoms with Crippen LogP contribution in [0.2, 0.25) is 5.02 Å². The van der Waals surface area contributed by atoms with E-state index >= 15 is 0 Å². The third-order valence-corrected chi connectivity index (χ3v) is 4.02. The van der Waals surface area contributed by atoms with E-state index in [0.29, 0.717) is 22.5 Å². The summed E-state index contributed by atoms with van der Waals surface area (Å²) in [6.45, 7) is 1.05. The Kier molecular flexibility index (Phi) is 3.94. The lowest BCUT2D eigenvalue weighted by molar-refractivity contribution is 0.434. The van der Waals surface area contributed by atoms with Gasteiger partial charge in [0.05, 0.1) is 5.02 Å². The first-order chi connectivity index (χ1) is 9.78. The maximum absolute atomic E-state index is 6.16. The van der Waals surface area contributed by atoms with E-state index in [0.717, 1.165) is 25.1 Å². The number of halogens is 1. The number of hydrogen-bond acceptors (Lipinski definition) is 4. The standard InChI is InChI=1S/C15H17ClN4/c1-17-8-10-4-5-13-11(7-10)9-19-15(20-13)14-12(16)3-2-6-18-14/h2-3,6,9-10,17H,4-5,7-8H2,1H3. The second-order valence-electron chi connectivity index (χ2n) is 5.17. The molecule has 20 heavy (non-hydrogen) atoms. The lowest BCUT2D eigenvalue weighted by atomic mass is 9.87. The SMILES string of the molecule is CNCC1CCc2nc(-c3ncccc3Cl)ncc2C1. The highest BCUT2D eigenvalue weighted by molar-refractivity contribution is 6.32. The van der Waals surface area contributed by atoms with Gasteiger partial charge in [-0.05, 0) is 56.5 Å². The summed E-state index contributed by atoms with van der Waals surface area (Å²) in [6.07, 6.45) is 6.87. The molecule has 4 nitrogen and oxygen atoms in total. The van der Waals surface area contributed by atoms with Crippen LogP contribution in [-0.4, -0.2) is 28.5 Å². The topological polar surface area (TPSA) is 50.7 Å². The van der Waals surface area contributed by atoms with Crippen molar-refractivity contribution in [3.63, 3.8) is 0 Å². The maximum Gasteiger partial charge on any atom is 0.179 e. The molecule has 1 N–H and O–H groups in total. The predicted octanol–water partition coefficient (Wildman–Crippen LogP) is 2.52. The molecule has 0 fully saturated rings. The minimum absolute atomic E-state index is 0.594. The van der Waals surface area contributed by atoms with Crippen LogP contribution in [0.4, 0.5) is 0 Å². The van der Waals surface area contributed by atoms with E-state index in [1.165, 1.54) is 12.0 Å². The van der Waals surface area contributed by atoms with Crippen molar-refractivity contribution in [2.45, 2.75) is 19.3 Å². The van der Waals surface area contributed by atoms with Crippen LogP contribution < -0.4 is 5.32 Å². The zero-order valence-electron chi connectivity index (χ0n) is 11.4. The van der Waals surface area contributed by atoms with Gasteiger partial charge in [0.25, 0.3) is 0 Å². The lowest BCUT2D eigenvalue weighted by Gasteiger charge is -2.23. The molecule has 0 aliphatic heterocycles. The van der Waals surface area contributed by atoms with Crippen LogP contribution in [0.25, 0.3) is 11.5 Å². The summed E-state index contributed by atoms with van der Waals surface area (Å²) in [5.74, 6) is 1.31. The summed E-state index contributed by atoms with van der Waals surface area (Å²) in [5, 5.41) is 3.84. The number of nitrogens with zero attached hydrogens (tertiary/aromatic N) is 3. The van der Waals surface area contributed by atoms with Crippen LogP contribution in [0.15, 0.2) is 24.5 Å². The number of aryl methyl sites for hydroxylation is 1. The van der Waals surface area contributed by atoms with E-state index in [1.807, 2.05) is 25.4 Å². The van der Waals surface area contributed by atoms with Crippen LogP contribution in [0.5, 0.6) is 0 Å². The smallest absolute Gasteiger partial charge is 0.179 e. The fourth-order valence-electron chi connectivity index (χ4n) is 2.71. The van der Waals surface area contributed by atoms with E-state index in [1.54, 1.807) is 6.20 Å². The van der Waals surface area contributed by atoms with Crippen LogP contribution in [0.1, 0.15) is 17.7 Å². The Balaban J connectivity index is 1.90. The average molecular weight is 289 g/mol. The summed E-state index contributed by atoms with van der Waals surface area (Å²) in [5.41, 5.74) is 3.06. The summed E-state index contributed by atoms with van der Waals surface area (Å²) in [7, 11) is 2.00. The number of rotatable bonds is 3. The van der Waals surface area contributed by atoms with Crippen LogP contribution in [-0.2, 0) is 12.8 Å². The van der Waals surface area contributed by atoms with Gasteiger partial charge >= 0.3 is 0 Å². The monoisotopic (exact) mass is 288 g/mol. The molecule has 1 aliphatic carbocycles. The summed E-state index contributed by atoms with van der Waals surface area (Å²) in [4.78, 5) is 13.4. The first kappa shape index (κ1) is 13.5. The highest BCUT2D eigenvalue weighted by atomic mass is 35.5. The van der Waals surface area contributed by atoms with Gasteiger partial charge in [-0.25, -0.2) is 9.97 Å². The molecule has 0 saturated heterocycles. The fraction of sp³-hybridized carbons (Fsp3) is 0.400. The Morgan fingerprint density at radius 3 is 3.10 bits per heavy atom. The molecule has 2 heterocycles. The van der Waals surface area contributed by atoms with Gasteiger partial charge < -0.3 is 5.32 Å². The summed E-state index contributed by atoms with van der Waals surface area (Å²) >= 11 is 6.16. The molecule has 0 bridgehead atoms. The van der Waals surface area contributed by atoms with Crippen molar-refractivity contribution in [1.29, 1.82) is 0 Å². The number of aromatic nitrogens is 3. The quantitative estimate of drug-likeness (QED) is 0.943. The Hall–Kier alpha value is -1.52. The van der Waals surface area contributed by atoms with Gasteiger partial charge in [-0.1, -0.05) is 11.6 Å². The molecular formula is C15H17ClN4. The molecule has 1 unspecified atom stereocenters. The average Bonchev–Trinajstić information content (AvgIpc) is 2.48. The molecule has 104 valence electrons. The molecule has 1 atom stereocenters. The lowest BCUT2D eigenvalue weighted by Crippen LogP contribution is -2.25. The first-order valence-corrected chi connectivity index (χ1v) is 7.26. The fourth-order valence-corrected chi connectivity index (χ4v) is 2.92. The van der Waals surface area contributed by atoms with Gasteiger partial charge in [-0.3, -0.25) is 4.98 Å². The van der Waals surface area contributed by atoms with Gasteiger partial charge in [-0.2, -0.15) is 0 Å². The highest BCUT2D eigenvalue weighted by Gasteiger charge is 2.20. The van der Waals surface area contributed by atoms with Crippen molar-refractivity contribution >= 4 is 11.6 Å². The third-order valence-electron chi connectivity index (χ3n) is 3.72.